The van der Waals surface area contributed by atoms with E-state index in [2.05, 4.69) is 0 Å². The summed E-state index contributed by atoms with van der Waals surface area (Å²) in [6.07, 6.45) is -0.456. The molecule has 0 fully saturated rings. The monoisotopic (exact) mass is 252 g/mol. The second-order valence-electron chi connectivity index (χ2n) is 5.54. The maximum atomic E-state index is 13.6. The second kappa shape index (κ2) is 7.26. The van der Waals surface area contributed by atoms with Crippen LogP contribution in [0.15, 0.2) is 0 Å². The van der Waals surface area contributed by atoms with Gasteiger partial charge in [-0.05, 0) is 18.8 Å². The summed E-state index contributed by atoms with van der Waals surface area (Å²) in [6, 6.07) is 0. The van der Waals surface area contributed by atoms with Gasteiger partial charge in [0.05, 0.1) is 26.4 Å². The molecule has 0 aliphatic heterocycles. The third kappa shape index (κ3) is 8.49. The van der Waals surface area contributed by atoms with Gasteiger partial charge in [-0.3, -0.25) is 0 Å². The Hall–Kier alpha value is -0.230. The molecule has 0 heterocycles. The molecule has 0 saturated heterocycles. The SMILES string of the molecule is COCC(O)COCC(C)(C)CC(C)(F)CO. The van der Waals surface area contributed by atoms with Gasteiger partial charge in [-0.15, -0.1) is 0 Å². The summed E-state index contributed by atoms with van der Waals surface area (Å²) in [7, 11) is 1.50. The Kier molecular flexibility index (Phi) is 7.16. The Morgan fingerprint density at radius 1 is 1.24 bits per heavy atom. The molecular formula is C12H25FO4. The van der Waals surface area contributed by atoms with Crippen molar-refractivity contribution >= 4 is 0 Å². The first-order valence-corrected chi connectivity index (χ1v) is 5.77. The molecular weight excluding hydrogens is 227 g/mol. The van der Waals surface area contributed by atoms with Gasteiger partial charge in [-0.25, -0.2) is 4.39 Å². The molecule has 0 amide bonds. The maximum absolute atomic E-state index is 13.6. The Bertz CT molecular complexity index is 207. The average Bonchev–Trinajstić information content (AvgIpc) is 2.16. The molecule has 0 aromatic carbocycles. The largest absolute Gasteiger partial charge is 0.393 e. The van der Waals surface area contributed by atoms with Crippen LogP contribution in [0.1, 0.15) is 27.2 Å². The molecule has 2 N–H and O–H groups in total. The lowest BCUT2D eigenvalue weighted by Gasteiger charge is -2.31. The summed E-state index contributed by atoms with van der Waals surface area (Å²) in [5.74, 6) is 0. The van der Waals surface area contributed by atoms with Gasteiger partial charge in [0.15, 0.2) is 0 Å². The number of rotatable bonds is 9. The molecule has 0 saturated carbocycles. The number of methoxy groups -OCH3 is 1. The Morgan fingerprint density at radius 3 is 2.29 bits per heavy atom. The minimum absolute atomic E-state index is 0.166. The van der Waals surface area contributed by atoms with Crippen LogP contribution in [0.5, 0.6) is 0 Å². The van der Waals surface area contributed by atoms with Crippen molar-refractivity contribution in [2.45, 2.75) is 39.0 Å². The number of ether oxygens (including phenoxy) is 2. The Labute approximate surface area is 103 Å². The van der Waals surface area contributed by atoms with Crippen LogP contribution in [0.25, 0.3) is 0 Å². The van der Waals surface area contributed by atoms with Crippen LogP contribution >= 0.6 is 0 Å². The predicted octanol–water partition coefficient (Wildman–Crippen LogP) is 1.15. The van der Waals surface area contributed by atoms with Crippen LogP contribution in [0.4, 0.5) is 4.39 Å². The number of hydrogen-bond donors (Lipinski definition) is 2. The van der Waals surface area contributed by atoms with Gasteiger partial charge in [-0.1, -0.05) is 13.8 Å². The lowest BCUT2D eigenvalue weighted by Crippen LogP contribution is -2.34. The molecule has 2 unspecified atom stereocenters. The number of aliphatic hydroxyl groups is 2. The zero-order valence-corrected chi connectivity index (χ0v) is 11.2. The molecule has 0 aliphatic rings. The number of aliphatic hydroxyl groups excluding tert-OH is 2. The highest BCUT2D eigenvalue weighted by molar-refractivity contribution is 4.81. The van der Waals surface area contributed by atoms with Crippen molar-refractivity contribution in [3.63, 3.8) is 0 Å². The lowest BCUT2D eigenvalue weighted by atomic mass is 9.83. The minimum Gasteiger partial charge on any atom is -0.393 e. The zero-order chi connectivity index (χ0) is 13.5. The zero-order valence-electron chi connectivity index (χ0n) is 11.2. The molecule has 0 aromatic heterocycles. The predicted molar refractivity (Wildman–Crippen MR) is 63.7 cm³/mol. The van der Waals surface area contributed by atoms with Crippen LogP contribution in [-0.2, 0) is 9.47 Å². The lowest BCUT2D eigenvalue weighted by molar-refractivity contribution is -0.0427. The number of halogens is 1. The summed E-state index contributed by atoms with van der Waals surface area (Å²) < 4.78 is 23.7. The van der Waals surface area contributed by atoms with Crippen molar-refractivity contribution in [2.24, 2.45) is 5.41 Å². The number of alkyl halides is 1. The van der Waals surface area contributed by atoms with Crippen LogP contribution in [-0.4, -0.2) is 55.5 Å². The molecule has 0 spiro atoms. The van der Waals surface area contributed by atoms with E-state index in [1.807, 2.05) is 13.8 Å². The molecule has 0 aromatic rings. The van der Waals surface area contributed by atoms with Gasteiger partial charge in [0, 0.05) is 7.11 Å². The van der Waals surface area contributed by atoms with E-state index in [1.165, 1.54) is 14.0 Å². The van der Waals surface area contributed by atoms with Gasteiger partial charge in [0.25, 0.3) is 0 Å². The molecule has 0 bridgehead atoms. The van der Waals surface area contributed by atoms with E-state index in [9.17, 15) is 9.50 Å². The maximum Gasteiger partial charge on any atom is 0.131 e. The number of hydrogen-bond acceptors (Lipinski definition) is 4. The van der Waals surface area contributed by atoms with E-state index >= 15 is 0 Å². The van der Waals surface area contributed by atoms with Crippen LogP contribution in [0.3, 0.4) is 0 Å². The first kappa shape index (κ1) is 16.8. The van der Waals surface area contributed by atoms with Gasteiger partial charge in [0.1, 0.15) is 11.8 Å². The Morgan fingerprint density at radius 2 is 1.82 bits per heavy atom. The molecule has 0 aliphatic carbocycles. The van der Waals surface area contributed by atoms with Crippen LogP contribution in [0, 0.1) is 5.41 Å². The Balaban J connectivity index is 3.93. The second-order valence-corrected chi connectivity index (χ2v) is 5.54. The summed E-state index contributed by atoms with van der Waals surface area (Å²) >= 11 is 0. The van der Waals surface area contributed by atoms with Crippen molar-refractivity contribution in [2.75, 3.05) is 33.5 Å². The smallest absolute Gasteiger partial charge is 0.131 e. The van der Waals surface area contributed by atoms with Gasteiger partial charge in [0.2, 0.25) is 0 Å². The van der Waals surface area contributed by atoms with Crippen molar-refractivity contribution in [1.29, 1.82) is 0 Å². The fourth-order valence-electron chi connectivity index (χ4n) is 1.82. The van der Waals surface area contributed by atoms with E-state index in [0.29, 0.717) is 6.61 Å². The van der Waals surface area contributed by atoms with Gasteiger partial charge < -0.3 is 19.7 Å². The quantitative estimate of drug-likeness (QED) is 0.646. The summed E-state index contributed by atoms with van der Waals surface area (Å²) in [6.45, 7) is 5.31. The van der Waals surface area contributed by atoms with E-state index in [1.54, 1.807) is 0 Å². The third-order valence-electron chi connectivity index (χ3n) is 2.34. The highest BCUT2D eigenvalue weighted by Gasteiger charge is 2.32. The summed E-state index contributed by atoms with van der Waals surface area (Å²) in [4.78, 5) is 0. The van der Waals surface area contributed by atoms with E-state index in [0.717, 1.165) is 0 Å². The van der Waals surface area contributed by atoms with Crippen molar-refractivity contribution < 1.29 is 24.1 Å². The fourth-order valence-corrected chi connectivity index (χ4v) is 1.82. The summed E-state index contributed by atoms with van der Waals surface area (Å²) in [5, 5.41) is 18.2. The van der Waals surface area contributed by atoms with Crippen molar-refractivity contribution in [3.8, 4) is 0 Å². The molecule has 4 nitrogen and oxygen atoms in total. The molecule has 104 valence electrons. The van der Waals surface area contributed by atoms with E-state index in [4.69, 9.17) is 14.6 Å². The fraction of sp³-hybridized carbons (Fsp3) is 1.00. The van der Waals surface area contributed by atoms with Gasteiger partial charge >= 0.3 is 0 Å². The minimum atomic E-state index is -1.60. The average molecular weight is 252 g/mol. The summed E-state index contributed by atoms with van der Waals surface area (Å²) in [5.41, 5.74) is -1.99. The first-order valence-electron chi connectivity index (χ1n) is 5.77. The first-order chi connectivity index (χ1) is 7.72. The topological polar surface area (TPSA) is 58.9 Å². The molecule has 17 heavy (non-hydrogen) atoms. The normalized spacial score (nSPS) is 17.8. The van der Waals surface area contributed by atoms with Crippen LogP contribution in [0.2, 0.25) is 0 Å². The van der Waals surface area contributed by atoms with Crippen molar-refractivity contribution in [1.82, 2.24) is 0 Å². The molecule has 0 radical (unpaired) electrons. The molecule has 2 atom stereocenters. The van der Waals surface area contributed by atoms with Crippen molar-refractivity contribution in [3.05, 3.63) is 0 Å². The van der Waals surface area contributed by atoms with E-state index in [-0.39, 0.29) is 25.0 Å². The van der Waals surface area contributed by atoms with Crippen LogP contribution < -0.4 is 0 Å². The highest BCUT2D eigenvalue weighted by Crippen LogP contribution is 2.30. The van der Waals surface area contributed by atoms with E-state index < -0.39 is 18.4 Å². The molecule has 0 rings (SSSR count). The standard InChI is InChI=1S/C12H25FO4/c1-11(2,7-12(3,13)8-14)9-17-6-10(15)5-16-4/h10,14-15H,5-9H2,1-4H3. The highest BCUT2D eigenvalue weighted by atomic mass is 19.1. The van der Waals surface area contributed by atoms with Gasteiger partial charge in [-0.2, -0.15) is 0 Å². The molecule has 5 heteroatoms. The third-order valence-corrected chi connectivity index (χ3v) is 2.34.